The van der Waals surface area contributed by atoms with Crippen molar-refractivity contribution >= 4 is 5.70 Å². The smallest absolute Gasteiger partial charge is 0.0599 e. The van der Waals surface area contributed by atoms with Gasteiger partial charge in [-0.15, -0.1) is 0 Å². The van der Waals surface area contributed by atoms with E-state index in [1.165, 1.54) is 70.2 Å². The average Bonchev–Trinajstić information content (AvgIpc) is 2.89. The molecule has 2 heteroatoms. The van der Waals surface area contributed by atoms with E-state index >= 15 is 0 Å². The van der Waals surface area contributed by atoms with E-state index in [1.54, 1.807) is 22.5 Å². The van der Waals surface area contributed by atoms with E-state index in [0.717, 1.165) is 0 Å². The molecule has 2 nitrogen and oxygen atoms in total. The Labute approximate surface area is 134 Å². The molecule has 118 valence electrons. The fourth-order valence-electron chi connectivity index (χ4n) is 6.15. The number of rotatable bonds is 1. The highest BCUT2D eigenvalue weighted by atomic mass is 15.2. The molecule has 1 aromatic heterocycles. The lowest BCUT2D eigenvalue weighted by atomic mass is 9.66. The van der Waals surface area contributed by atoms with Crippen LogP contribution in [0.3, 0.4) is 0 Å². The molecule has 0 bridgehead atoms. The van der Waals surface area contributed by atoms with Crippen molar-refractivity contribution in [3.63, 3.8) is 0 Å². The first-order chi connectivity index (χ1) is 10.7. The van der Waals surface area contributed by atoms with E-state index < -0.39 is 0 Å². The molecule has 0 radical (unpaired) electrons. The van der Waals surface area contributed by atoms with Gasteiger partial charge in [0, 0.05) is 29.0 Å². The number of allylic oxidation sites excluding steroid dienone is 1. The summed E-state index contributed by atoms with van der Waals surface area (Å²) in [6.07, 6.45) is 13.5. The molecule has 5 rings (SSSR count). The van der Waals surface area contributed by atoms with Crippen LogP contribution in [0.5, 0.6) is 0 Å². The third-order valence-electron chi connectivity index (χ3n) is 7.04. The number of fused-ring (bicyclic) bond motifs is 3. The minimum atomic E-state index is 0.411. The van der Waals surface area contributed by atoms with Crippen molar-refractivity contribution in [2.24, 2.45) is 5.41 Å². The zero-order chi connectivity index (χ0) is 14.9. The van der Waals surface area contributed by atoms with Crippen LogP contribution >= 0.6 is 0 Å². The summed E-state index contributed by atoms with van der Waals surface area (Å²) in [5.41, 5.74) is 8.87. The van der Waals surface area contributed by atoms with Gasteiger partial charge in [-0.2, -0.15) is 0 Å². The Bertz CT molecular complexity index is 666. The summed E-state index contributed by atoms with van der Waals surface area (Å²) in [4.78, 5) is 2.82. The molecular weight excluding hydrogens is 268 g/mol. The summed E-state index contributed by atoms with van der Waals surface area (Å²) in [6.45, 7) is 7.40. The fraction of sp³-hybridized carbons (Fsp3) is 0.700. The molecule has 0 spiro atoms. The van der Waals surface area contributed by atoms with Gasteiger partial charge in [-0.3, -0.25) is 4.90 Å². The summed E-state index contributed by atoms with van der Waals surface area (Å²) >= 11 is 0. The molecule has 1 unspecified atom stereocenters. The fourth-order valence-corrected chi connectivity index (χ4v) is 6.15. The molecule has 0 aromatic carbocycles. The number of nitrogens with zero attached hydrogens (tertiary/aromatic N) is 2. The van der Waals surface area contributed by atoms with Gasteiger partial charge in [0.2, 0.25) is 0 Å². The topological polar surface area (TPSA) is 8.17 Å². The average molecular weight is 296 g/mol. The summed E-state index contributed by atoms with van der Waals surface area (Å²) in [6, 6.07) is 0.671. The molecule has 2 atom stereocenters. The first kappa shape index (κ1) is 13.4. The van der Waals surface area contributed by atoms with Crippen molar-refractivity contribution in [1.82, 2.24) is 9.47 Å². The normalized spacial score (nSPS) is 33.2. The second-order valence-electron chi connectivity index (χ2n) is 8.00. The predicted molar refractivity (Wildman–Crippen MR) is 91.0 cm³/mol. The molecule has 1 fully saturated rings. The van der Waals surface area contributed by atoms with Gasteiger partial charge in [-0.05, 0) is 76.0 Å². The van der Waals surface area contributed by atoms with Gasteiger partial charge >= 0.3 is 0 Å². The predicted octanol–water partition coefficient (Wildman–Crippen LogP) is 4.33. The standard InChI is InChI=1S/C20H28N2/c1-3-20-10-6-11-21-12-9-16-15-7-4-5-8-17(15)22(14(2)13-20)18(16)19(20)21/h13,19H,3-12H2,1-2H3/t19?,20-/m0/s1. The van der Waals surface area contributed by atoms with Crippen molar-refractivity contribution in [3.8, 4) is 0 Å². The molecule has 4 heterocycles. The van der Waals surface area contributed by atoms with Crippen molar-refractivity contribution in [1.29, 1.82) is 0 Å². The van der Waals surface area contributed by atoms with Crippen LogP contribution < -0.4 is 0 Å². The number of aromatic nitrogens is 1. The monoisotopic (exact) mass is 296 g/mol. The summed E-state index contributed by atoms with van der Waals surface area (Å²) in [7, 11) is 0. The highest BCUT2D eigenvalue weighted by Gasteiger charge is 2.50. The molecule has 0 N–H and O–H groups in total. The number of hydrogen-bond acceptors (Lipinski definition) is 1. The third kappa shape index (κ3) is 1.50. The molecule has 0 amide bonds. The van der Waals surface area contributed by atoms with Crippen molar-refractivity contribution in [3.05, 3.63) is 28.6 Å². The largest absolute Gasteiger partial charge is 0.320 e. The highest BCUT2D eigenvalue weighted by Crippen LogP contribution is 2.56. The molecule has 0 saturated carbocycles. The highest BCUT2D eigenvalue weighted by molar-refractivity contribution is 5.60. The van der Waals surface area contributed by atoms with Crippen molar-refractivity contribution < 1.29 is 0 Å². The number of hydrogen-bond donors (Lipinski definition) is 0. The molecule has 4 aliphatic rings. The maximum atomic E-state index is 2.82. The lowest BCUT2D eigenvalue weighted by Crippen LogP contribution is -2.50. The minimum Gasteiger partial charge on any atom is -0.320 e. The Kier molecular flexibility index (Phi) is 2.75. The number of piperidine rings is 1. The van der Waals surface area contributed by atoms with Crippen LogP contribution in [-0.4, -0.2) is 22.6 Å². The van der Waals surface area contributed by atoms with Crippen LogP contribution in [0.15, 0.2) is 6.08 Å². The second kappa shape index (κ2) is 4.50. The third-order valence-corrected chi connectivity index (χ3v) is 7.04. The Hall–Kier alpha value is -1.02. The lowest BCUT2D eigenvalue weighted by Gasteiger charge is -2.53. The van der Waals surface area contributed by atoms with Crippen LogP contribution in [0, 0.1) is 5.41 Å². The SMILES string of the molecule is CC[C@]12C=C(C)n3c4c(c5c3C1N(CCC2)CC5)CCCC4. The zero-order valence-electron chi connectivity index (χ0n) is 14.1. The van der Waals surface area contributed by atoms with Gasteiger partial charge in [0.15, 0.2) is 0 Å². The molecule has 22 heavy (non-hydrogen) atoms. The molecule has 1 aliphatic carbocycles. The van der Waals surface area contributed by atoms with Gasteiger partial charge in [0.05, 0.1) is 6.04 Å². The second-order valence-corrected chi connectivity index (χ2v) is 8.00. The maximum absolute atomic E-state index is 2.82. The van der Waals surface area contributed by atoms with E-state index in [2.05, 4.69) is 29.4 Å². The van der Waals surface area contributed by atoms with Crippen LogP contribution in [0.4, 0.5) is 0 Å². The Morgan fingerprint density at radius 2 is 1.95 bits per heavy atom. The van der Waals surface area contributed by atoms with Crippen LogP contribution in [0.1, 0.15) is 74.5 Å². The first-order valence-corrected chi connectivity index (χ1v) is 9.44. The first-order valence-electron chi connectivity index (χ1n) is 9.44. The summed E-state index contributed by atoms with van der Waals surface area (Å²) < 4.78 is 2.71. The van der Waals surface area contributed by atoms with Gasteiger partial charge < -0.3 is 4.57 Å². The summed E-state index contributed by atoms with van der Waals surface area (Å²) in [5.74, 6) is 0. The van der Waals surface area contributed by atoms with Gasteiger partial charge in [0.1, 0.15) is 0 Å². The Morgan fingerprint density at radius 1 is 1.09 bits per heavy atom. The lowest BCUT2D eigenvalue weighted by molar-refractivity contribution is 0.0264. The maximum Gasteiger partial charge on any atom is 0.0599 e. The quantitative estimate of drug-likeness (QED) is 0.749. The molecule has 1 saturated heterocycles. The van der Waals surface area contributed by atoms with E-state index in [0.29, 0.717) is 11.5 Å². The van der Waals surface area contributed by atoms with Gasteiger partial charge in [-0.1, -0.05) is 13.0 Å². The molecular formula is C20H28N2. The van der Waals surface area contributed by atoms with Gasteiger partial charge in [0.25, 0.3) is 0 Å². The minimum absolute atomic E-state index is 0.411. The Balaban J connectivity index is 1.81. The van der Waals surface area contributed by atoms with E-state index in [4.69, 9.17) is 0 Å². The van der Waals surface area contributed by atoms with Crippen LogP contribution in [0.2, 0.25) is 0 Å². The van der Waals surface area contributed by atoms with Crippen molar-refractivity contribution in [2.75, 3.05) is 13.1 Å². The zero-order valence-corrected chi connectivity index (χ0v) is 14.1. The van der Waals surface area contributed by atoms with Gasteiger partial charge in [-0.25, -0.2) is 0 Å². The van der Waals surface area contributed by atoms with E-state index in [1.807, 2.05) is 0 Å². The van der Waals surface area contributed by atoms with Crippen molar-refractivity contribution in [2.45, 2.75) is 71.3 Å². The van der Waals surface area contributed by atoms with E-state index in [-0.39, 0.29) is 0 Å². The Morgan fingerprint density at radius 3 is 2.82 bits per heavy atom. The van der Waals surface area contributed by atoms with Crippen LogP contribution in [0.25, 0.3) is 5.70 Å². The summed E-state index contributed by atoms with van der Waals surface area (Å²) in [5, 5.41) is 0. The molecule has 3 aliphatic heterocycles. The van der Waals surface area contributed by atoms with Crippen LogP contribution in [-0.2, 0) is 19.3 Å². The molecule has 1 aromatic rings. The van der Waals surface area contributed by atoms with E-state index in [9.17, 15) is 0 Å².